The zero-order chi connectivity index (χ0) is 12.3. The lowest BCUT2D eigenvalue weighted by molar-refractivity contribution is -0.0564. The van der Waals surface area contributed by atoms with Gasteiger partial charge in [-0.05, 0) is 17.7 Å². The first kappa shape index (κ1) is 11.6. The van der Waals surface area contributed by atoms with E-state index in [4.69, 9.17) is 21.6 Å². The Morgan fingerprint density at radius 1 is 1.53 bits per heavy atom. The van der Waals surface area contributed by atoms with Crippen LogP contribution in [0.2, 0.25) is 0 Å². The third-order valence-electron chi connectivity index (χ3n) is 2.99. The van der Waals surface area contributed by atoms with E-state index in [9.17, 15) is 0 Å². The van der Waals surface area contributed by atoms with Crippen molar-refractivity contribution in [3.63, 3.8) is 0 Å². The summed E-state index contributed by atoms with van der Waals surface area (Å²) >= 11 is 0. The fourth-order valence-corrected chi connectivity index (χ4v) is 2.04. The predicted octanol–water partition coefficient (Wildman–Crippen LogP) is 0.891. The molecular weight excluding hydrogens is 216 g/mol. The van der Waals surface area contributed by atoms with Crippen molar-refractivity contribution in [1.29, 1.82) is 5.41 Å². The first-order valence-corrected chi connectivity index (χ1v) is 5.42. The van der Waals surface area contributed by atoms with Gasteiger partial charge in [-0.3, -0.25) is 5.41 Å². The number of hydrogen-bond acceptors (Lipinski definition) is 3. The standard InChI is InChI=1S/C12H16N4O/c13-8-16-11(15)5-12(6-17-7-12)9-2-1-3-10(14)4-9/h1-4,8H,5-7,14H2,(H3,13,15,16). The predicted molar refractivity (Wildman–Crippen MR) is 68.4 cm³/mol. The first-order valence-electron chi connectivity index (χ1n) is 5.42. The fraction of sp³-hybridized carbons (Fsp3) is 0.333. The Labute approximate surface area is 100.0 Å². The zero-order valence-corrected chi connectivity index (χ0v) is 9.52. The zero-order valence-electron chi connectivity index (χ0n) is 9.52. The van der Waals surface area contributed by atoms with Crippen LogP contribution >= 0.6 is 0 Å². The first-order chi connectivity index (χ1) is 8.16. The molecule has 0 unspecified atom stereocenters. The van der Waals surface area contributed by atoms with Crippen molar-refractivity contribution in [2.75, 3.05) is 18.9 Å². The third-order valence-corrected chi connectivity index (χ3v) is 2.99. The minimum atomic E-state index is -0.168. The molecule has 2 rings (SSSR count). The van der Waals surface area contributed by atoms with Crippen molar-refractivity contribution in [2.24, 2.45) is 10.7 Å². The van der Waals surface area contributed by atoms with Gasteiger partial charge in [0.25, 0.3) is 0 Å². The highest BCUT2D eigenvalue weighted by molar-refractivity contribution is 5.87. The molecule has 5 N–H and O–H groups in total. The summed E-state index contributed by atoms with van der Waals surface area (Å²) in [6, 6.07) is 7.71. The van der Waals surface area contributed by atoms with Crippen molar-refractivity contribution in [1.82, 2.24) is 0 Å². The van der Waals surface area contributed by atoms with Crippen LogP contribution < -0.4 is 11.5 Å². The van der Waals surface area contributed by atoms with Gasteiger partial charge in [-0.25, -0.2) is 4.99 Å². The number of amidine groups is 1. The van der Waals surface area contributed by atoms with E-state index < -0.39 is 0 Å². The lowest BCUT2D eigenvalue weighted by Crippen LogP contribution is -2.48. The maximum atomic E-state index is 7.72. The number of benzene rings is 1. The number of nitrogens with zero attached hydrogens (tertiary/aromatic N) is 1. The van der Waals surface area contributed by atoms with Gasteiger partial charge < -0.3 is 16.2 Å². The minimum absolute atomic E-state index is 0.168. The Morgan fingerprint density at radius 3 is 2.82 bits per heavy atom. The lowest BCUT2D eigenvalue weighted by Gasteiger charge is -2.41. The molecule has 0 aliphatic carbocycles. The Kier molecular flexibility index (Phi) is 3.10. The Morgan fingerprint density at radius 2 is 2.29 bits per heavy atom. The molecule has 0 bridgehead atoms. The summed E-state index contributed by atoms with van der Waals surface area (Å²) in [5, 5.41) is 7.72. The molecule has 0 amide bonds. The Balaban J connectivity index is 2.22. The van der Waals surface area contributed by atoms with E-state index in [2.05, 4.69) is 4.99 Å². The van der Waals surface area contributed by atoms with Gasteiger partial charge in [-0.15, -0.1) is 0 Å². The van der Waals surface area contributed by atoms with E-state index in [1.54, 1.807) is 0 Å². The maximum Gasteiger partial charge on any atom is 0.123 e. The molecule has 1 aromatic rings. The fourth-order valence-electron chi connectivity index (χ4n) is 2.04. The second-order valence-corrected chi connectivity index (χ2v) is 4.30. The molecule has 1 aliphatic rings. The third kappa shape index (κ3) is 2.29. The van der Waals surface area contributed by atoms with E-state index in [1.165, 1.54) is 0 Å². The Bertz CT molecular complexity index is 452. The summed E-state index contributed by atoms with van der Waals surface area (Å²) in [7, 11) is 0. The largest absolute Gasteiger partial charge is 0.399 e. The van der Waals surface area contributed by atoms with Gasteiger partial charge in [0.2, 0.25) is 0 Å². The molecule has 1 aromatic carbocycles. The number of rotatable bonds is 3. The highest BCUT2D eigenvalue weighted by atomic mass is 16.5. The van der Waals surface area contributed by atoms with Gasteiger partial charge in [-0.2, -0.15) is 0 Å². The minimum Gasteiger partial charge on any atom is -0.399 e. The van der Waals surface area contributed by atoms with Crippen molar-refractivity contribution in [2.45, 2.75) is 11.8 Å². The van der Waals surface area contributed by atoms with Crippen LogP contribution in [0.4, 0.5) is 5.69 Å². The van der Waals surface area contributed by atoms with Gasteiger partial charge >= 0.3 is 0 Å². The van der Waals surface area contributed by atoms with Crippen molar-refractivity contribution in [3.8, 4) is 0 Å². The van der Waals surface area contributed by atoms with Gasteiger partial charge in [0, 0.05) is 17.5 Å². The van der Waals surface area contributed by atoms with Crippen LogP contribution in [0.25, 0.3) is 0 Å². The molecule has 1 saturated heterocycles. The molecular formula is C12H16N4O. The summed E-state index contributed by atoms with van der Waals surface area (Å²) in [4.78, 5) is 3.79. The van der Waals surface area contributed by atoms with E-state index in [1.807, 2.05) is 24.3 Å². The molecule has 17 heavy (non-hydrogen) atoms. The molecule has 0 spiro atoms. The van der Waals surface area contributed by atoms with Crippen LogP contribution in [0, 0.1) is 5.41 Å². The quantitative estimate of drug-likeness (QED) is 0.410. The van der Waals surface area contributed by atoms with E-state index in [0.29, 0.717) is 19.6 Å². The molecule has 90 valence electrons. The number of aliphatic imine (C=N–C) groups is 1. The molecule has 0 aromatic heterocycles. The summed E-state index contributed by atoms with van der Waals surface area (Å²) in [6.07, 6.45) is 1.67. The maximum absolute atomic E-state index is 7.72. The average molecular weight is 232 g/mol. The van der Waals surface area contributed by atoms with Gasteiger partial charge in [0.15, 0.2) is 0 Å². The summed E-state index contributed by atoms with van der Waals surface area (Å²) in [6.45, 7) is 1.19. The molecule has 1 heterocycles. The van der Waals surface area contributed by atoms with Crippen LogP contribution in [0.1, 0.15) is 12.0 Å². The number of nitrogens with one attached hydrogen (secondary N) is 1. The molecule has 1 aliphatic heterocycles. The lowest BCUT2D eigenvalue weighted by atomic mass is 9.75. The van der Waals surface area contributed by atoms with Gasteiger partial charge in [-0.1, -0.05) is 12.1 Å². The average Bonchev–Trinajstić information content (AvgIpc) is 2.24. The van der Waals surface area contributed by atoms with Crippen LogP contribution in [-0.2, 0) is 10.2 Å². The second-order valence-electron chi connectivity index (χ2n) is 4.30. The summed E-state index contributed by atoms with van der Waals surface area (Å²) in [5.74, 6) is 0.262. The number of nitrogens with two attached hydrogens (primary N) is 2. The molecule has 0 saturated carbocycles. The monoisotopic (exact) mass is 232 g/mol. The smallest absolute Gasteiger partial charge is 0.123 e. The van der Waals surface area contributed by atoms with Crippen molar-refractivity contribution >= 4 is 17.9 Å². The van der Waals surface area contributed by atoms with Gasteiger partial charge in [0.05, 0.1) is 19.6 Å². The molecule has 0 atom stereocenters. The molecule has 5 nitrogen and oxygen atoms in total. The van der Waals surface area contributed by atoms with E-state index in [0.717, 1.165) is 17.6 Å². The topological polar surface area (TPSA) is 97.5 Å². The Hall–Kier alpha value is -1.88. The number of anilines is 1. The summed E-state index contributed by atoms with van der Waals surface area (Å²) in [5.41, 5.74) is 12.6. The normalized spacial score (nSPS) is 17.9. The van der Waals surface area contributed by atoms with E-state index >= 15 is 0 Å². The second kappa shape index (κ2) is 4.55. The van der Waals surface area contributed by atoms with Gasteiger partial charge in [0.1, 0.15) is 5.84 Å². The van der Waals surface area contributed by atoms with Crippen LogP contribution in [0.3, 0.4) is 0 Å². The molecule has 0 radical (unpaired) electrons. The van der Waals surface area contributed by atoms with Crippen LogP contribution in [0.15, 0.2) is 29.3 Å². The molecule has 5 heteroatoms. The molecule has 1 fully saturated rings. The highest BCUT2D eigenvalue weighted by Crippen LogP contribution is 2.36. The van der Waals surface area contributed by atoms with Crippen LogP contribution in [0.5, 0.6) is 0 Å². The van der Waals surface area contributed by atoms with Crippen molar-refractivity contribution in [3.05, 3.63) is 29.8 Å². The number of hydrogen-bond donors (Lipinski definition) is 3. The van der Waals surface area contributed by atoms with E-state index in [-0.39, 0.29) is 11.3 Å². The SMILES string of the molecule is N=C(CC1(c2cccc(N)c2)COC1)N=CN. The number of nitrogen functional groups attached to an aromatic ring is 1. The number of ether oxygens (including phenoxy) is 1. The van der Waals surface area contributed by atoms with Crippen LogP contribution in [-0.4, -0.2) is 25.4 Å². The summed E-state index contributed by atoms with van der Waals surface area (Å²) < 4.78 is 5.29. The van der Waals surface area contributed by atoms with Crippen molar-refractivity contribution < 1.29 is 4.74 Å². The highest BCUT2D eigenvalue weighted by Gasteiger charge is 2.41.